The molecule has 26 heavy (non-hydrogen) atoms. The van der Waals surface area contributed by atoms with E-state index in [-0.39, 0.29) is 17.9 Å². The van der Waals surface area contributed by atoms with Gasteiger partial charge in [0.1, 0.15) is 5.82 Å². The second-order valence-corrected chi connectivity index (χ2v) is 7.91. The molecule has 3 rings (SSSR count). The van der Waals surface area contributed by atoms with E-state index in [9.17, 15) is 4.79 Å². The van der Waals surface area contributed by atoms with Crippen LogP contribution in [0.5, 0.6) is 0 Å². The van der Waals surface area contributed by atoms with Gasteiger partial charge in [0, 0.05) is 45.6 Å². The van der Waals surface area contributed by atoms with Gasteiger partial charge in [-0.3, -0.25) is 9.36 Å². The first-order valence-electron chi connectivity index (χ1n) is 10.0. The molecule has 0 radical (unpaired) electrons. The molecule has 7 nitrogen and oxygen atoms in total. The Bertz CT molecular complexity index is 601. The summed E-state index contributed by atoms with van der Waals surface area (Å²) in [7, 11) is 3.68. The van der Waals surface area contributed by atoms with Crippen LogP contribution in [0.15, 0.2) is 0 Å². The van der Waals surface area contributed by atoms with Crippen molar-refractivity contribution in [1.82, 2.24) is 19.7 Å². The van der Waals surface area contributed by atoms with Crippen molar-refractivity contribution in [1.29, 1.82) is 0 Å². The molecule has 1 aromatic rings. The lowest BCUT2D eigenvalue weighted by Gasteiger charge is -2.33. The van der Waals surface area contributed by atoms with E-state index >= 15 is 0 Å². The van der Waals surface area contributed by atoms with Crippen LogP contribution in [0.3, 0.4) is 0 Å². The van der Waals surface area contributed by atoms with E-state index < -0.39 is 0 Å². The normalized spacial score (nSPS) is 22.6. The van der Waals surface area contributed by atoms with Crippen molar-refractivity contribution >= 4 is 11.9 Å². The van der Waals surface area contributed by atoms with Crippen molar-refractivity contribution in [3.63, 3.8) is 0 Å². The molecule has 0 bridgehead atoms. The number of ether oxygens (including phenoxy) is 1. The molecule has 2 aliphatic heterocycles. The maximum Gasteiger partial charge on any atom is 0.227 e. The summed E-state index contributed by atoms with van der Waals surface area (Å²) in [6.45, 7) is 7.80. The Kier molecular flexibility index (Phi) is 6.16. The van der Waals surface area contributed by atoms with Gasteiger partial charge in [-0.1, -0.05) is 13.8 Å². The van der Waals surface area contributed by atoms with E-state index in [1.165, 1.54) is 0 Å². The van der Waals surface area contributed by atoms with Crippen molar-refractivity contribution < 1.29 is 9.53 Å². The van der Waals surface area contributed by atoms with Gasteiger partial charge in [0.15, 0.2) is 0 Å². The number of carbonyl (C=O) groups excluding carboxylic acids is 1. The molecule has 0 saturated carbocycles. The summed E-state index contributed by atoms with van der Waals surface area (Å²) in [6, 6.07) is 0. The van der Waals surface area contributed by atoms with Crippen molar-refractivity contribution in [3.8, 4) is 0 Å². The summed E-state index contributed by atoms with van der Waals surface area (Å²) < 4.78 is 8.14. The molecule has 1 aromatic heterocycles. The van der Waals surface area contributed by atoms with Crippen LogP contribution in [0.25, 0.3) is 0 Å². The number of aromatic nitrogens is 3. The number of nitrogens with zero attached hydrogens (tertiary/aromatic N) is 5. The third-order valence-corrected chi connectivity index (χ3v) is 5.79. The summed E-state index contributed by atoms with van der Waals surface area (Å²) in [4.78, 5) is 16.2. The van der Waals surface area contributed by atoms with Gasteiger partial charge >= 0.3 is 0 Å². The minimum absolute atomic E-state index is 0.129. The van der Waals surface area contributed by atoms with Crippen LogP contribution in [0.4, 0.5) is 5.95 Å². The molecule has 0 aromatic carbocycles. The highest BCUT2D eigenvalue weighted by atomic mass is 16.5. The zero-order valence-electron chi connectivity index (χ0n) is 16.6. The second kappa shape index (κ2) is 8.37. The zero-order chi connectivity index (χ0) is 18.7. The first-order valence-corrected chi connectivity index (χ1v) is 10.0. The van der Waals surface area contributed by atoms with Gasteiger partial charge in [-0.05, 0) is 32.1 Å². The number of hydrogen-bond donors (Lipinski definition) is 0. The predicted molar refractivity (Wildman–Crippen MR) is 101 cm³/mol. The number of rotatable bonds is 6. The average Bonchev–Trinajstić information content (AvgIpc) is 3.31. The maximum atomic E-state index is 12.2. The van der Waals surface area contributed by atoms with Gasteiger partial charge in [0.2, 0.25) is 11.9 Å². The van der Waals surface area contributed by atoms with E-state index in [0.717, 1.165) is 70.1 Å². The Morgan fingerprint density at radius 2 is 2.00 bits per heavy atom. The van der Waals surface area contributed by atoms with Gasteiger partial charge in [0.25, 0.3) is 0 Å². The summed E-state index contributed by atoms with van der Waals surface area (Å²) in [5.41, 5.74) is 0. The van der Waals surface area contributed by atoms with Gasteiger partial charge in [0.05, 0.1) is 12.6 Å². The van der Waals surface area contributed by atoms with E-state index in [1.807, 2.05) is 14.1 Å². The molecule has 2 atom stereocenters. The number of piperidine rings is 1. The van der Waals surface area contributed by atoms with E-state index in [1.54, 1.807) is 4.90 Å². The zero-order valence-corrected chi connectivity index (χ0v) is 16.6. The van der Waals surface area contributed by atoms with Gasteiger partial charge in [-0.2, -0.15) is 0 Å². The molecular weight excluding hydrogens is 330 g/mol. The van der Waals surface area contributed by atoms with Crippen LogP contribution in [0, 0.1) is 5.92 Å². The van der Waals surface area contributed by atoms with E-state index in [0.29, 0.717) is 5.92 Å². The van der Waals surface area contributed by atoms with Crippen LogP contribution in [0.2, 0.25) is 0 Å². The summed E-state index contributed by atoms with van der Waals surface area (Å²) in [6.07, 6.45) is 5.31. The van der Waals surface area contributed by atoms with Crippen LogP contribution in [0.1, 0.15) is 57.7 Å². The van der Waals surface area contributed by atoms with Crippen LogP contribution in [-0.4, -0.2) is 65.5 Å². The number of anilines is 1. The first kappa shape index (κ1) is 19.1. The molecule has 7 heteroatoms. The average molecular weight is 364 g/mol. The van der Waals surface area contributed by atoms with Crippen molar-refractivity contribution in [2.75, 3.05) is 38.7 Å². The standard InChI is InChI=1S/C19H33N5O2/c1-5-14(2)17-20-21-19(24(17)13-16-7-6-12-26-16)23-10-8-15(9-11-23)18(25)22(3)4/h14-16H,5-13H2,1-4H3. The topological polar surface area (TPSA) is 63.5 Å². The highest BCUT2D eigenvalue weighted by Crippen LogP contribution is 2.28. The number of amides is 1. The number of carbonyl (C=O) groups is 1. The fourth-order valence-corrected chi connectivity index (χ4v) is 3.95. The lowest BCUT2D eigenvalue weighted by Crippen LogP contribution is -2.41. The fourth-order valence-electron chi connectivity index (χ4n) is 3.95. The summed E-state index contributed by atoms with van der Waals surface area (Å²) in [5, 5.41) is 9.07. The van der Waals surface area contributed by atoms with E-state index in [4.69, 9.17) is 4.74 Å². The van der Waals surface area contributed by atoms with Crippen molar-refractivity contribution in [2.45, 2.75) is 64.5 Å². The van der Waals surface area contributed by atoms with Crippen LogP contribution >= 0.6 is 0 Å². The van der Waals surface area contributed by atoms with Crippen molar-refractivity contribution in [2.24, 2.45) is 5.92 Å². The molecule has 2 aliphatic rings. The highest BCUT2D eigenvalue weighted by molar-refractivity contribution is 5.78. The van der Waals surface area contributed by atoms with Gasteiger partial charge in [-0.15, -0.1) is 10.2 Å². The monoisotopic (exact) mass is 363 g/mol. The SMILES string of the molecule is CCC(C)c1nnc(N2CCC(C(=O)N(C)C)CC2)n1CC1CCCO1. The predicted octanol–water partition coefficient (Wildman–Crippen LogP) is 2.28. The second-order valence-electron chi connectivity index (χ2n) is 7.91. The minimum Gasteiger partial charge on any atom is -0.376 e. The lowest BCUT2D eigenvalue weighted by atomic mass is 9.96. The Hall–Kier alpha value is -1.63. The molecule has 2 fully saturated rings. The summed E-state index contributed by atoms with van der Waals surface area (Å²) >= 11 is 0. The van der Waals surface area contributed by atoms with E-state index in [2.05, 4.69) is 33.5 Å². The molecule has 2 unspecified atom stereocenters. The lowest BCUT2D eigenvalue weighted by molar-refractivity contribution is -0.133. The molecule has 3 heterocycles. The molecule has 0 aliphatic carbocycles. The van der Waals surface area contributed by atoms with Crippen LogP contribution in [-0.2, 0) is 16.1 Å². The molecule has 146 valence electrons. The first-order chi connectivity index (χ1) is 12.5. The minimum atomic E-state index is 0.129. The highest BCUT2D eigenvalue weighted by Gasteiger charge is 2.30. The third kappa shape index (κ3) is 4.03. The number of hydrogen-bond acceptors (Lipinski definition) is 5. The Labute approximate surface area is 156 Å². The van der Waals surface area contributed by atoms with Crippen molar-refractivity contribution in [3.05, 3.63) is 5.82 Å². The smallest absolute Gasteiger partial charge is 0.227 e. The summed E-state index contributed by atoms with van der Waals surface area (Å²) in [5.74, 6) is 2.76. The molecule has 0 N–H and O–H groups in total. The van der Waals surface area contributed by atoms with Gasteiger partial charge < -0.3 is 14.5 Å². The quantitative estimate of drug-likeness (QED) is 0.776. The third-order valence-electron chi connectivity index (χ3n) is 5.79. The largest absolute Gasteiger partial charge is 0.376 e. The molecule has 0 spiro atoms. The Balaban J connectivity index is 1.74. The molecule has 1 amide bonds. The molecular formula is C19H33N5O2. The maximum absolute atomic E-state index is 12.2. The van der Waals surface area contributed by atoms with Gasteiger partial charge in [-0.25, -0.2) is 0 Å². The van der Waals surface area contributed by atoms with Crippen LogP contribution < -0.4 is 4.90 Å². The Morgan fingerprint density at radius 3 is 2.58 bits per heavy atom. The fraction of sp³-hybridized carbons (Fsp3) is 0.842. The Morgan fingerprint density at radius 1 is 1.27 bits per heavy atom. The molecule has 2 saturated heterocycles.